The highest BCUT2D eigenvalue weighted by Crippen LogP contribution is 2.11. The summed E-state index contributed by atoms with van der Waals surface area (Å²) >= 11 is 0. The van der Waals surface area contributed by atoms with Crippen LogP contribution in [0, 0.1) is 0 Å². The molecule has 160 valence electrons. The van der Waals surface area contributed by atoms with Crippen molar-refractivity contribution in [3.63, 3.8) is 0 Å². The quantitative estimate of drug-likeness (QED) is 0.334. The van der Waals surface area contributed by atoms with Gasteiger partial charge >= 0.3 is 12.1 Å². The fraction of sp³-hybridized carbons (Fsp3) is 0.474. The molecule has 0 bridgehead atoms. The van der Waals surface area contributed by atoms with Crippen molar-refractivity contribution in [1.82, 2.24) is 16.0 Å². The van der Waals surface area contributed by atoms with Crippen molar-refractivity contribution in [2.45, 2.75) is 45.2 Å². The van der Waals surface area contributed by atoms with E-state index in [1.165, 1.54) is 19.1 Å². The number of benzene rings is 1. The molecule has 2 atom stereocenters. The highest BCUT2D eigenvalue weighted by molar-refractivity contribution is 5.92. The van der Waals surface area contributed by atoms with Crippen LogP contribution in [-0.4, -0.2) is 59.3 Å². The molecule has 0 aliphatic heterocycles. The van der Waals surface area contributed by atoms with Gasteiger partial charge in [0.25, 0.3) is 0 Å². The number of aromatic hydroxyl groups is 1. The fourth-order valence-electron chi connectivity index (χ4n) is 2.27. The Labute approximate surface area is 168 Å². The van der Waals surface area contributed by atoms with E-state index in [-0.39, 0.29) is 18.8 Å². The lowest BCUT2D eigenvalue weighted by Crippen LogP contribution is -2.53. The summed E-state index contributed by atoms with van der Waals surface area (Å²) in [4.78, 5) is 47.0. The van der Waals surface area contributed by atoms with Crippen molar-refractivity contribution in [1.29, 1.82) is 0 Å². The van der Waals surface area contributed by atoms with Gasteiger partial charge in [-0.3, -0.25) is 14.4 Å². The third-order valence-electron chi connectivity index (χ3n) is 3.88. The van der Waals surface area contributed by atoms with Gasteiger partial charge in [0.1, 0.15) is 24.4 Å². The predicted octanol–water partition coefficient (Wildman–Crippen LogP) is 0.535. The monoisotopic (exact) mass is 409 g/mol. The second kappa shape index (κ2) is 12.2. The SMILES string of the molecule is CCCCOC(=O)N[C@@H](Cc1ccc(O)cc1)C(=O)N[C@H](C)C(=O)NCC(=O)O. The Bertz CT molecular complexity index is 706. The van der Waals surface area contributed by atoms with Crippen molar-refractivity contribution >= 4 is 23.9 Å². The second-order valence-electron chi connectivity index (χ2n) is 6.40. The first-order valence-electron chi connectivity index (χ1n) is 9.24. The van der Waals surface area contributed by atoms with Crippen molar-refractivity contribution in [2.24, 2.45) is 0 Å². The number of unbranched alkanes of at least 4 members (excludes halogenated alkanes) is 1. The molecule has 0 saturated heterocycles. The first-order valence-corrected chi connectivity index (χ1v) is 9.24. The number of carboxylic acid groups (broad SMARTS) is 1. The molecule has 29 heavy (non-hydrogen) atoms. The lowest BCUT2D eigenvalue weighted by atomic mass is 10.0. The number of phenolic OH excluding ortho intramolecular Hbond substituents is 1. The second-order valence-corrected chi connectivity index (χ2v) is 6.40. The van der Waals surface area contributed by atoms with Crippen LogP contribution >= 0.6 is 0 Å². The smallest absolute Gasteiger partial charge is 0.407 e. The molecule has 0 aliphatic carbocycles. The minimum absolute atomic E-state index is 0.0606. The van der Waals surface area contributed by atoms with Crippen LogP contribution in [-0.2, 0) is 25.5 Å². The maximum absolute atomic E-state index is 12.6. The molecular weight excluding hydrogens is 382 g/mol. The van der Waals surface area contributed by atoms with E-state index >= 15 is 0 Å². The van der Waals surface area contributed by atoms with Gasteiger partial charge in [0.05, 0.1) is 6.61 Å². The highest BCUT2D eigenvalue weighted by Gasteiger charge is 2.25. The Morgan fingerprint density at radius 1 is 1.07 bits per heavy atom. The van der Waals surface area contributed by atoms with Crippen LogP contribution in [0.25, 0.3) is 0 Å². The van der Waals surface area contributed by atoms with Gasteiger partial charge in [-0.1, -0.05) is 25.5 Å². The van der Waals surface area contributed by atoms with Gasteiger partial charge in [0, 0.05) is 6.42 Å². The van der Waals surface area contributed by atoms with Crippen molar-refractivity contribution < 1.29 is 34.1 Å². The Balaban J connectivity index is 2.77. The number of alkyl carbamates (subject to hydrolysis) is 1. The molecule has 10 nitrogen and oxygen atoms in total. The van der Waals surface area contributed by atoms with E-state index in [1.807, 2.05) is 6.92 Å². The molecular formula is C19H27N3O7. The summed E-state index contributed by atoms with van der Waals surface area (Å²) < 4.78 is 5.02. The summed E-state index contributed by atoms with van der Waals surface area (Å²) in [5.41, 5.74) is 0.666. The molecule has 0 radical (unpaired) electrons. The Morgan fingerprint density at radius 2 is 1.72 bits per heavy atom. The van der Waals surface area contributed by atoms with Crippen molar-refractivity contribution in [3.05, 3.63) is 29.8 Å². The zero-order chi connectivity index (χ0) is 21.8. The maximum Gasteiger partial charge on any atom is 0.407 e. The third kappa shape index (κ3) is 9.45. The number of carbonyl (C=O) groups is 4. The van der Waals surface area contributed by atoms with Crippen LogP contribution in [0.3, 0.4) is 0 Å². The molecule has 5 N–H and O–H groups in total. The van der Waals surface area contributed by atoms with Gasteiger partial charge in [-0.2, -0.15) is 0 Å². The lowest BCUT2D eigenvalue weighted by Gasteiger charge is -2.21. The number of phenols is 1. The average molecular weight is 409 g/mol. The average Bonchev–Trinajstić information content (AvgIpc) is 2.67. The molecule has 0 saturated carbocycles. The summed E-state index contributed by atoms with van der Waals surface area (Å²) in [6.45, 7) is 2.98. The zero-order valence-electron chi connectivity index (χ0n) is 16.4. The molecule has 1 aromatic rings. The number of aliphatic carboxylic acids is 1. The molecule has 10 heteroatoms. The van der Waals surface area contributed by atoms with Crippen LogP contribution in [0.5, 0.6) is 5.75 Å². The fourth-order valence-corrected chi connectivity index (χ4v) is 2.27. The first-order chi connectivity index (χ1) is 13.7. The number of hydrogen-bond acceptors (Lipinski definition) is 6. The van der Waals surface area contributed by atoms with Gasteiger partial charge < -0.3 is 30.9 Å². The van der Waals surface area contributed by atoms with E-state index in [9.17, 15) is 24.3 Å². The molecule has 0 heterocycles. The molecule has 0 fully saturated rings. The number of ether oxygens (including phenoxy) is 1. The highest BCUT2D eigenvalue weighted by atomic mass is 16.5. The van der Waals surface area contributed by atoms with Crippen LogP contribution in [0.4, 0.5) is 4.79 Å². The molecule has 3 amide bonds. The Hall–Kier alpha value is -3.30. The Morgan fingerprint density at radius 3 is 2.31 bits per heavy atom. The van der Waals surface area contributed by atoms with Gasteiger partial charge in [-0.15, -0.1) is 0 Å². The largest absolute Gasteiger partial charge is 0.508 e. The summed E-state index contributed by atoms with van der Waals surface area (Å²) in [6, 6.07) is 4.05. The van der Waals surface area contributed by atoms with Gasteiger partial charge in [-0.25, -0.2) is 4.79 Å². The van der Waals surface area contributed by atoms with Crippen molar-refractivity contribution in [2.75, 3.05) is 13.2 Å². The number of carbonyl (C=O) groups excluding carboxylic acids is 3. The molecule has 1 aromatic carbocycles. The topological polar surface area (TPSA) is 154 Å². The van der Waals surface area contributed by atoms with Crippen LogP contribution in [0.1, 0.15) is 32.3 Å². The first kappa shape index (κ1) is 23.7. The standard InChI is InChI=1S/C19H27N3O7/c1-3-4-9-29-19(28)22-15(10-13-5-7-14(23)8-6-13)18(27)21-12(2)17(26)20-11-16(24)25/h5-8,12,15,23H,3-4,9-11H2,1-2H3,(H,20,26)(H,21,27)(H,22,28)(H,24,25)/t12-,15+/m1/s1. The molecule has 0 spiro atoms. The summed E-state index contributed by atoms with van der Waals surface area (Å²) in [5.74, 6) is -2.46. The van der Waals surface area contributed by atoms with E-state index in [4.69, 9.17) is 9.84 Å². The third-order valence-corrected chi connectivity index (χ3v) is 3.88. The molecule has 0 aromatic heterocycles. The summed E-state index contributed by atoms with van der Waals surface area (Å²) in [5, 5.41) is 25.1. The summed E-state index contributed by atoms with van der Waals surface area (Å²) in [7, 11) is 0. The van der Waals surface area contributed by atoms with E-state index in [0.29, 0.717) is 12.0 Å². The molecule has 1 rings (SSSR count). The minimum Gasteiger partial charge on any atom is -0.508 e. The number of nitrogens with one attached hydrogen (secondary N) is 3. The van der Waals surface area contributed by atoms with Crippen LogP contribution in [0.2, 0.25) is 0 Å². The van der Waals surface area contributed by atoms with E-state index in [2.05, 4.69) is 16.0 Å². The van der Waals surface area contributed by atoms with E-state index in [1.54, 1.807) is 12.1 Å². The number of hydrogen-bond donors (Lipinski definition) is 5. The minimum atomic E-state index is -1.21. The predicted molar refractivity (Wildman–Crippen MR) is 103 cm³/mol. The van der Waals surface area contributed by atoms with Gasteiger partial charge in [-0.05, 0) is 31.0 Å². The van der Waals surface area contributed by atoms with Crippen LogP contribution < -0.4 is 16.0 Å². The lowest BCUT2D eigenvalue weighted by molar-refractivity contribution is -0.138. The van der Waals surface area contributed by atoms with Gasteiger partial charge in [0.2, 0.25) is 11.8 Å². The summed E-state index contributed by atoms with van der Waals surface area (Å²) in [6.07, 6.45) is 0.857. The Kier molecular flexibility index (Phi) is 10.00. The maximum atomic E-state index is 12.6. The molecule has 0 unspecified atom stereocenters. The van der Waals surface area contributed by atoms with Crippen LogP contribution in [0.15, 0.2) is 24.3 Å². The number of amides is 3. The van der Waals surface area contributed by atoms with E-state index in [0.717, 1.165) is 6.42 Å². The number of rotatable bonds is 11. The molecule has 0 aliphatic rings. The number of carboxylic acids is 1. The van der Waals surface area contributed by atoms with E-state index < -0.39 is 42.5 Å². The normalized spacial score (nSPS) is 12.3. The van der Waals surface area contributed by atoms with Crippen molar-refractivity contribution in [3.8, 4) is 5.75 Å². The zero-order valence-corrected chi connectivity index (χ0v) is 16.4. The van der Waals surface area contributed by atoms with Gasteiger partial charge in [0.15, 0.2) is 0 Å².